The Kier molecular flexibility index (Phi) is 2.77. The molecule has 0 spiro atoms. The fraction of sp³-hybridized carbons (Fsp3) is 0.250. The Morgan fingerprint density at radius 3 is 2.69 bits per heavy atom. The van der Waals surface area contributed by atoms with E-state index in [1.54, 1.807) is 12.1 Å². The molecule has 1 aliphatic carbocycles. The molecule has 2 rings (SSSR count). The Balaban J connectivity index is 2.51. The Bertz CT molecular complexity index is 525. The second-order valence-corrected chi connectivity index (χ2v) is 4.62. The van der Waals surface area contributed by atoms with E-state index in [9.17, 15) is 4.79 Å². The first-order valence-electron chi connectivity index (χ1n) is 4.79. The maximum absolute atomic E-state index is 11.7. The van der Waals surface area contributed by atoms with Crippen LogP contribution in [0.2, 0.25) is 0 Å². The first kappa shape index (κ1) is 10.9. The van der Waals surface area contributed by atoms with Crippen molar-refractivity contribution in [2.75, 3.05) is 0 Å². The summed E-state index contributed by atoms with van der Waals surface area (Å²) in [6.45, 7) is 0. The largest absolute Gasteiger partial charge is 0.294 e. The van der Waals surface area contributed by atoms with E-state index < -0.39 is 5.92 Å². The molecule has 0 amide bonds. The number of fused-ring (bicyclic) bond motifs is 1. The lowest BCUT2D eigenvalue weighted by Crippen LogP contribution is -2.06. The molecule has 4 heteroatoms. The highest BCUT2D eigenvalue weighted by Gasteiger charge is 2.35. The van der Waals surface area contributed by atoms with Crippen molar-refractivity contribution in [1.29, 1.82) is 10.5 Å². The van der Waals surface area contributed by atoms with Gasteiger partial charge in [0.25, 0.3) is 0 Å². The third-order valence-corrected chi connectivity index (χ3v) is 3.29. The molecule has 0 heterocycles. The minimum Gasteiger partial charge on any atom is -0.294 e. The Morgan fingerprint density at radius 2 is 2.06 bits per heavy atom. The van der Waals surface area contributed by atoms with Crippen molar-refractivity contribution in [3.8, 4) is 12.1 Å². The molecule has 3 nitrogen and oxygen atoms in total. The van der Waals surface area contributed by atoms with Crippen LogP contribution >= 0.6 is 15.9 Å². The average molecular weight is 275 g/mol. The number of Topliss-reactive ketones (excluding diaryl/α,β-unsaturated/α-hetero) is 1. The molecule has 1 aromatic carbocycles. The van der Waals surface area contributed by atoms with Gasteiger partial charge in [0.15, 0.2) is 5.78 Å². The number of hydrogen-bond acceptors (Lipinski definition) is 3. The molecule has 0 saturated carbocycles. The fourth-order valence-electron chi connectivity index (χ4n) is 2.02. The number of nitrogens with zero attached hydrogens (tertiary/aromatic N) is 2. The van der Waals surface area contributed by atoms with Gasteiger partial charge >= 0.3 is 0 Å². The van der Waals surface area contributed by atoms with Crippen LogP contribution in [-0.4, -0.2) is 5.78 Å². The van der Waals surface area contributed by atoms with Crippen LogP contribution in [0, 0.1) is 28.6 Å². The number of hydrogen-bond donors (Lipinski definition) is 0. The number of nitriles is 2. The van der Waals surface area contributed by atoms with Crippen molar-refractivity contribution < 1.29 is 4.79 Å². The van der Waals surface area contributed by atoms with E-state index in [0.717, 1.165) is 10.0 Å². The van der Waals surface area contributed by atoms with Crippen LogP contribution < -0.4 is 0 Å². The molecule has 0 aromatic heterocycles. The summed E-state index contributed by atoms with van der Waals surface area (Å²) in [4.78, 5) is 11.7. The highest BCUT2D eigenvalue weighted by molar-refractivity contribution is 9.10. The SMILES string of the molecule is N#CC(C#N)C1CC(=O)c2ccc(Br)cc21. The minimum atomic E-state index is -0.750. The van der Waals surface area contributed by atoms with Gasteiger partial charge in [0.2, 0.25) is 0 Å². The van der Waals surface area contributed by atoms with E-state index in [-0.39, 0.29) is 18.1 Å². The topological polar surface area (TPSA) is 64.7 Å². The van der Waals surface area contributed by atoms with Gasteiger partial charge in [-0.25, -0.2) is 0 Å². The molecule has 16 heavy (non-hydrogen) atoms. The van der Waals surface area contributed by atoms with Crippen LogP contribution in [0.25, 0.3) is 0 Å². The molecular weight excluding hydrogens is 268 g/mol. The van der Waals surface area contributed by atoms with E-state index >= 15 is 0 Å². The lowest BCUT2D eigenvalue weighted by molar-refractivity contribution is 0.0987. The van der Waals surface area contributed by atoms with Gasteiger partial charge in [-0.3, -0.25) is 4.79 Å². The number of carbonyl (C=O) groups is 1. The molecule has 0 fully saturated rings. The van der Waals surface area contributed by atoms with Gasteiger partial charge in [0.05, 0.1) is 12.1 Å². The Labute approximate surface area is 101 Å². The van der Waals surface area contributed by atoms with Gasteiger partial charge in [0, 0.05) is 22.4 Å². The number of rotatable bonds is 1. The smallest absolute Gasteiger partial charge is 0.163 e. The molecule has 1 aliphatic rings. The summed E-state index contributed by atoms with van der Waals surface area (Å²) in [7, 11) is 0. The average Bonchev–Trinajstić information content (AvgIpc) is 2.58. The van der Waals surface area contributed by atoms with Crippen molar-refractivity contribution in [2.24, 2.45) is 5.92 Å². The van der Waals surface area contributed by atoms with Gasteiger partial charge < -0.3 is 0 Å². The van der Waals surface area contributed by atoms with E-state index in [0.29, 0.717) is 5.56 Å². The monoisotopic (exact) mass is 274 g/mol. The van der Waals surface area contributed by atoms with E-state index in [1.165, 1.54) is 0 Å². The van der Waals surface area contributed by atoms with Crippen molar-refractivity contribution in [2.45, 2.75) is 12.3 Å². The summed E-state index contributed by atoms with van der Waals surface area (Å²) in [6.07, 6.45) is 0.261. The zero-order chi connectivity index (χ0) is 11.7. The molecule has 1 aromatic rings. The van der Waals surface area contributed by atoms with Crippen molar-refractivity contribution >= 4 is 21.7 Å². The molecule has 0 aliphatic heterocycles. The quantitative estimate of drug-likeness (QED) is 0.791. The summed E-state index contributed by atoms with van der Waals surface area (Å²) in [6, 6.07) is 9.26. The van der Waals surface area contributed by atoms with E-state index in [4.69, 9.17) is 10.5 Å². The zero-order valence-corrected chi connectivity index (χ0v) is 9.86. The van der Waals surface area contributed by atoms with Gasteiger partial charge in [-0.2, -0.15) is 10.5 Å². The molecule has 1 atom stereocenters. The van der Waals surface area contributed by atoms with Gasteiger partial charge in [-0.1, -0.05) is 22.0 Å². The maximum Gasteiger partial charge on any atom is 0.163 e. The van der Waals surface area contributed by atoms with E-state index in [2.05, 4.69) is 15.9 Å². The number of ketones is 1. The second-order valence-electron chi connectivity index (χ2n) is 3.70. The lowest BCUT2D eigenvalue weighted by Gasteiger charge is -2.10. The van der Waals surface area contributed by atoms with Crippen molar-refractivity contribution in [1.82, 2.24) is 0 Å². The number of carbonyl (C=O) groups excluding carboxylic acids is 1. The Morgan fingerprint density at radius 1 is 1.38 bits per heavy atom. The second kappa shape index (κ2) is 4.08. The van der Waals surface area contributed by atoms with Gasteiger partial charge in [-0.15, -0.1) is 0 Å². The van der Waals surface area contributed by atoms with Crippen LogP contribution in [0.5, 0.6) is 0 Å². The predicted molar refractivity (Wildman–Crippen MR) is 60.5 cm³/mol. The lowest BCUT2D eigenvalue weighted by atomic mass is 9.89. The summed E-state index contributed by atoms with van der Waals surface area (Å²) in [5, 5.41) is 17.7. The van der Waals surface area contributed by atoms with Crippen LogP contribution in [0.3, 0.4) is 0 Å². The molecule has 0 bridgehead atoms. The molecule has 1 unspecified atom stereocenters. The summed E-state index contributed by atoms with van der Waals surface area (Å²) in [5.74, 6) is -1.02. The van der Waals surface area contributed by atoms with Crippen LogP contribution in [0.4, 0.5) is 0 Å². The van der Waals surface area contributed by atoms with Crippen LogP contribution in [-0.2, 0) is 0 Å². The zero-order valence-electron chi connectivity index (χ0n) is 8.27. The standard InChI is InChI=1S/C12H7BrN2O/c13-8-1-2-9-11(3-8)10(4-12(9)16)7(5-14)6-15/h1-3,7,10H,4H2. The van der Waals surface area contributed by atoms with Crippen molar-refractivity contribution in [3.05, 3.63) is 33.8 Å². The highest BCUT2D eigenvalue weighted by atomic mass is 79.9. The molecule has 0 radical (unpaired) electrons. The maximum atomic E-state index is 11.7. The predicted octanol–water partition coefficient (Wildman–Crippen LogP) is 2.78. The summed E-state index contributed by atoms with van der Waals surface area (Å²) < 4.78 is 0.862. The minimum absolute atomic E-state index is 0.0167. The third kappa shape index (κ3) is 1.62. The van der Waals surface area contributed by atoms with Gasteiger partial charge in [-0.05, 0) is 17.7 Å². The van der Waals surface area contributed by atoms with Crippen LogP contribution in [0.15, 0.2) is 22.7 Å². The van der Waals surface area contributed by atoms with E-state index in [1.807, 2.05) is 18.2 Å². The molecular formula is C12H7BrN2O. The highest BCUT2D eigenvalue weighted by Crippen LogP contribution is 2.39. The number of benzene rings is 1. The van der Waals surface area contributed by atoms with Crippen molar-refractivity contribution in [3.63, 3.8) is 0 Å². The Hall–Kier alpha value is -1.65. The first-order chi connectivity index (χ1) is 7.67. The first-order valence-corrected chi connectivity index (χ1v) is 5.58. The third-order valence-electron chi connectivity index (χ3n) is 2.80. The molecule has 0 saturated heterocycles. The molecule has 78 valence electrons. The molecule has 0 N–H and O–H groups in total. The normalized spacial score (nSPS) is 18.0. The van der Waals surface area contributed by atoms with Crippen LogP contribution in [0.1, 0.15) is 28.3 Å². The summed E-state index contributed by atoms with van der Waals surface area (Å²) in [5.41, 5.74) is 1.45. The fourth-order valence-corrected chi connectivity index (χ4v) is 2.40. The summed E-state index contributed by atoms with van der Waals surface area (Å²) >= 11 is 3.33. The number of halogens is 1. The van der Waals surface area contributed by atoms with Gasteiger partial charge in [0.1, 0.15) is 5.92 Å².